The van der Waals surface area contributed by atoms with E-state index in [1.54, 1.807) is 0 Å². The molecule has 5 nitrogen and oxygen atoms in total. The van der Waals surface area contributed by atoms with Gasteiger partial charge in [0.1, 0.15) is 0 Å². The third-order valence-electron chi connectivity index (χ3n) is 4.21. The van der Waals surface area contributed by atoms with Gasteiger partial charge in [-0.2, -0.15) is 0 Å². The third kappa shape index (κ3) is 4.62. The van der Waals surface area contributed by atoms with E-state index in [-0.39, 0.29) is 29.8 Å². The summed E-state index contributed by atoms with van der Waals surface area (Å²) in [5, 5.41) is 3.45. The van der Waals surface area contributed by atoms with Crippen molar-refractivity contribution in [1.29, 1.82) is 0 Å². The van der Waals surface area contributed by atoms with Crippen LogP contribution < -0.4 is 14.8 Å². The lowest BCUT2D eigenvalue weighted by Gasteiger charge is -2.20. The number of hydrogen-bond donors (Lipinski definition) is 1. The maximum atomic E-state index is 11.5. The molecule has 0 bridgehead atoms. The molecule has 1 heterocycles. The van der Waals surface area contributed by atoms with Gasteiger partial charge in [-0.15, -0.1) is 12.4 Å². The smallest absolute Gasteiger partial charge is 0.308 e. The Morgan fingerprint density at radius 2 is 1.62 bits per heavy atom. The average Bonchev–Trinajstić information content (AvgIpc) is 2.77. The zero-order chi connectivity index (χ0) is 17.8. The molecule has 0 fully saturated rings. The van der Waals surface area contributed by atoms with Crippen LogP contribution in [0, 0.1) is 0 Å². The summed E-state index contributed by atoms with van der Waals surface area (Å²) >= 11 is 0. The van der Waals surface area contributed by atoms with Gasteiger partial charge < -0.3 is 14.8 Å². The molecule has 0 amide bonds. The molecule has 0 aromatic heterocycles. The first-order valence-corrected chi connectivity index (χ1v) is 8.34. The highest BCUT2D eigenvalue weighted by Crippen LogP contribution is 2.38. The Bertz CT molecular complexity index is 792. The molecular weight excluding hydrogens is 354 g/mol. The van der Waals surface area contributed by atoms with Gasteiger partial charge in [0.25, 0.3) is 0 Å². The molecule has 0 saturated carbocycles. The van der Waals surface area contributed by atoms with E-state index in [2.05, 4.69) is 17.4 Å². The van der Waals surface area contributed by atoms with Crippen LogP contribution in [0.3, 0.4) is 0 Å². The summed E-state index contributed by atoms with van der Waals surface area (Å²) in [5.74, 6) is -0.185. The Labute approximate surface area is 159 Å². The molecular formula is C20H22ClNO4. The number of carbonyl (C=O) groups excluding carboxylic acids is 2. The minimum Gasteiger partial charge on any atom is -0.423 e. The van der Waals surface area contributed by atoms with Crippen LogP contribution in [0.4, 0.5) is 0 Å². The van der Waals surface area contributed by atoms with Crippen molar-refractivity contribution in [1.82, 2.24) is 5.32 Å². The van der Waals surface area contributed by atoms with E-state index in [0.29, 0.717) is 0 Å². The van der Waals surface area contributed by atoms with Crippen molar-refractivity contribution >= 4 is 24.3 Å². The number of carbonyl (C=O) groups is 2. The number of nitrogens with one attached hydrogen (secondary N) is 1. The fourth-order valence-corrected chi connectivity index (χ4v) is 3.19. The van der Waals surface area contributed by atoms with Gasteiger partial charge >= 0.3 is 11.9 Å². The Morgan fingerprint density at radius 1 is 1.00 bits per heavy atom. The molecule has 1 unspecified atom stereocenters. The minimum atomic E-state index is -0.448. The monoisotopic (exact) mass is 375 g/mol. The van der Waals surface area contributed by atoms with Gasteiger partial charge in [0.2, 0.25) is 0 Å². The van der Waals surface area contributed by atoms with Crippen LogP contribution in [0.25, 0.3) is 0 Å². The summed E-state index contributed by atoms with van der Waals surface area (Å²) in [7, 11) is 0. The van der Waals surface area contributed by atoms with Gasteiger partial charge in [-0.1, -0.05) is 30.3 Å². The summed E-state index contributed by atoms with van der Waals surface area (Å²) in [6.45, 7) is 4.29. The largest absolute Gasteiger partial charge is 0.423 e. The lowest BCUT2D eigenvalue weighted by Crippen LogP contribution is -2.20. The molecule has 0 saturated heterocycles. The second-order valence-electron chi connectivity index (χ2n) is 6.10. The van der Waals surface area contributed by atoms with Crippen LogP contribution in [-0.2, 0) is 16.0 Å². The Morgan fingerprint density at radius 3 is 2.23 bits per heavy atom. The topological polar surface area (TPSA) is 64.6 Å². The zero-order valence-corrected chi connectivity index (χ0v) is 15.6. The summed E-state index contributed by atoms with van der Waals surface area (Å²) < 4.78 is 10.6. The highest BCUT2D eigenvalue weighted by molar-refractivity contribution is 5.85. The number of esters is 2. The van der Waals surface area contributed by atoms with Gasteiger partial charge in [0, 0.05) is 26.3 Å². The summed E-state index contributed by atoms with van der Waals surface area (Å²) in [4.78, 5) is 22.9. The third-order valence-corrected chi connectivity index (χ3v) is 4.21. The van der Waals surface area contributed by atoms with Gasteiger partial charge in [-0.25, -0.2) is 0 Å². The first kappa shape index (κ1) is 19.9. The van der Waals surface area contributed by atoms with Gasteiger partial charge in [-0.05, 0) is 41.8 Å². The van der Waals surface area contributed by atoms with Gasteiger partial charge in [0.05, 0.1) is 0 Å². The summed E-state index contributed by atoms with van der Waals surface area (Å²) in [6.07, 6.45) is 0.813. The predicted molar refractivity (Wildman–Crippen MR) is 101 cm³/mol. The van der Waals surface area contributed by atoms with Crippen LogP contribution in [0.15, 0.2) is 42.5 Å². The minimum absolute atomic E-state index is 0. The molecule has 2 aromatic carbocycles. The van der Waals surface area contributed by atoms with Crippen molar-refractivity contribution in [2.24, 2.45) is 0 Å². The number of ether oxygens (including phenoxy) is 2. The van der Waals surface area contributed by atoms with E-state index in [9.17, 15) is 9.59 Å². The van der Waals surface area contributed by atoms with Crippen LogP contribution >= 0.6 is 12.4 Å². The lowest BCUT2D eigenvalue weighted by molar-refractivity contribution is -0.134. The molecule has 3 rings (SSSR count). The number of benzene rings is 2. The zero-order valence-electron chi connectivity index (χ0n) is 14.8. The number of rotatable bonds is 3. The highest BCUT2D eigenvalue weighted by Gasteiger charge is 2.24. The van der Waals surface area contributed by atoms with Crippen LogP contribution in [0.2, 0.25) is 0 Å². The molecule has 2 aromatic rings. The number of fused-ring (bicyclic) bond motifs is 1. The molecule has 1 aliphatic heterocycles. The van der Waals surface area contributed by atoms with Crippen molar-refractivity contribution < 1.29 is 19.1 Å². The standard InChI is InChI=1S/C20H21NO4.ClH/c1-13(22)24-19-10-16-8-9-21-12-18(15-6-4-3-5-7-15)17(16)11-20(19)25-14(2)23;/h3-7,10-11,18,21H,8-9,12H2,1-2H3;1H. The predicted octanol–water partition coefficient (Wildman–Crippen LogP) is 3.24. The molecule has 138 valence electrons. The molecule has 1 atom stereocenters. The summed E-state index contributed by atoms with van der Waals surface area (Å²) in [5.41, 5.74) is 3.36. The number of halogens is 1. The van der Waals surface area contributed by atoms with Gasteiger partial charge in [0.15, 0.2) is 11.5 Å². The Kier molecular flexibility index (Phi) is 6.77. The van der Waals surface area contributed by atoms with E-state index in [1.807, 2.05) is 30.3 Å². The molecule has 1 aliphatic rings. The van der Waals surface area contributed by atoms with E-state index in [4.69, 9.17) is 9.47 Å². The van der Waals surface area contributed by atoms with Crippen LogP contribution in [-0.4, -0.2) is 25.0 Å². The lowest BCUT2D eigenvalue weighted by atomic mass is 9.88. The first-order valence-electron chi connectivity index (χ1n) is 8.34. The second kappa shape index (κ2) is 8.83. The Balaban J connectivity index is 0.00000243. The molecule has 26 heavy (non-hydrogen) atoms. The van der Waals surface area contributed by atoms with E-state index in [0.717, 1.165) is 30.6 Å². The van der Waals surface area contributed by atoms with Crippen molar-refractivity contribution in [3.8, 4) is 11.5 Å². The fraction of sp³-hybridized carbons (Fsp3) is 0.300. The number of hydrogen-bond acceptors (Lipinski definition) is 5. The normalized spacial score (nSPS) is 15.8. The maximum absolute atomic E-state index is 11.5. The maximum Gasteiger partial charge on any atom is 0.308 e. The SMILES string of the molecule is CC(=O)Oc1cc2c(cc1OC(C)=O)C(c1ccccc1)CNCC2.Cl. The fourth-order valence-electron chi connectivity index (χ4n) is 3.19. The first-order chi connectivity index (χ1) is 12.0. The molecule has 0 spiro atoms. The van der Waals surface area contributed by atoms with Crippen LogP contribution in [0.1, 0.15) is 36.5 Å². The molecule has 1 N–H and O–H groups in total. The van der Waals surface area contributed by atoms with Crippen molar-refractivity contribution in [2.45, 2.75) is 26.2 Å². The molecule has 6 heteroatoms. The quantitative estimate of drug-likeness (QED) is 0.659. The van der Waals surface area contributed by atoms with E-state index < -0.39 is 11.9 Å². The van der Waals surface area contributed by atoms with Crippen LogP contribution in [0.5, 0.6) is 11.5 Å². The summed E-state index contributed by atoms with van der Waals surface area (Å²) in [6, 6.07) is 13.8. The second-order valence-corrected chi connectivity index (χ2v) is 6.10. The highest BCUT2D eigenvalue weighted by atomic mass is 35.5. The van der Waals surface area contributed by atoms with Crippen molar-refractivity contribution in [3.05, 3.63) is 59.2 Å². The average molecular weight is 376 g/mol. The van der Waals surface area contributed by atoms with Gasteiger partial charge in [-0.3, -0.25) is 9.59 Å². The molecule has 0 radical (unpaired) electrons. The van der Waals surface area contributed by atoms with E-state index >= 15 is 0 Å². The van der Waals surface area contributed by atoms with Crippen molar-refractivity contribution in [2.75, 3.05) is 13.1 Å². The van der Waals surface area contributed by atoms with E-state index in [1.165, 1.54) is 19.4 Å². The van der Waals surface area contributed by atoms with Crippen molar-refractivity contribution in [3.63, 3.8) is 0 Å². The Hall–Kier alpha value is -2.37. The molecule has 0 aliphatic carbocycles.